The highest BCUT2D eigenvalue weighted by atomic mass is 35.5. The van der Waals surface area contributed by atoms with Crippen LogP contribution in [0.5, 0.6) is 0 Å². The standard InChI is InChI=1S/C20H21ClN4O3S/c1-12-15(13(2)24(3)23-12)11-18(26)22-8-9-25-19(27)17(29-20(25)28)10-14-6-4-5-7-16(14)21/h4-7,10H,8-9,11H2,1-3H3,(H,22,26)/b17-10-. The van der Waals surface area contributed by atoms with Crippen LogP contribution in [0.2, 0.25) is 5.02 Å². The van der Waals surface area contributed by atoms with E-state index in [9.17, 15) is 14.4 Å². The fourth-order valence-electron chi connectivity index (χ4n) is 3.03. The van der Waals surface area contributed by atoms with Crippen molar-refractivity contribution < 1.29 is 14.4 Å². The molecule has 1 fully saturated rings. The van der Waals surface area contributed by atoms with E-state index in [0.29, 0.717) is 15.5 Å². The summed E-state index contributed by atoms with van der Waals surface area (Å²) < 4.78 is 1.74. The van der Waals surface area contributed by atoms with Crippen molar-refractivity contribution in [3.8, 4) is 0 Å². The van der Waals surface area contributed by atoms with E-state index in [4.69, 9.17) is 11.6 Å². The molecular weight excluding hydrogens is 412 g/mol. The summed E-state index contributed by atoms with van der Waals surface area (Å²) in [7, 11) is 1.83. The van der Waals surface area contributed by atoms with Crippen molar-refractivity contribution in [3.05, 3.63) is 56.7 Å². The first kappa shape index (κ1) is 21.1. The van der Waals surface area contributed by atoms with Gasteiger partial charge in [0.25, 0.3) is 11.1 Å². The molecule has 1 aliphatic heterocycles. The Balaban J connectivity index is 1.57. The lowest BCUT2D eigenvalue weighted by molar-refractivity contribution is -0.124. The Kier molecular flexibility index (Phi) is 6.44. The minimum Gasteiger partial charge on any atom is -0.354 e. The molecule has 0 bridgehead atoms. The van der Waals surface area contributed by atoms with Crippen molar-refractivity contribution >= 4 is 46.5 Å². The first-order chi connectivity index (χ1) is 13.8. The molecule has 0 unspecified atom stereocenters. The number of aromatic nitrogens is 2. The van der Waals surface area contributed by atoms with Crippen LogP contribution in [0.25, 0.3) is 6.08 Å². The molecule has 1 aromatic carbocycles. The summed E-state index contributed by atoms with van der Waals surface area (Å²) in [5, 5.41) is 7.21. The number of aryl methyl sites for hydroxylation is 2. The van der Waals surface area contributed by atoms with Crippen LogP contribution in [0.3, 0.4) is 0 Å². The van der Waals surface area contributed by atoms with E-state index in [2.05, 4.69) is 10.4 Å². The minimum atomic E-state index is -0.381. The Morgan fingerprint density at radius 1 is 1.28 bits per heavy atom. The van der Waals surface area contributed by atoms with Crippen molar-refractivity contribution in [3.63, 3.8) is 0 Å². The molecule has 9 heteroatoms. The Hall–Kier alpha value is -2.58. The molecule has 1 aromatic heterocycles. The monoisotopic (exact) mass is 432 g/mol. The predicted molar refractivity (Wildman–Crippen MR) is 114 cm³/mol. The quantitative estimate of drug-likeness (QED) is 0.709. The molecule has 0 aliphatic carbocycles. The van der Waals surface area contributed by atoms with E-state index in [1.165, 1.54) is 0 Å². The van der Waals surface area contributed by atoms with Crippen LogP contribution in [0, 0.1) is 13.8 Å². The van der Waals surface area contributed by atoms with Gasteiger partial charge >= 0.3 is 0 Å². The molecule has 1 saturated heterocycles. The van der Waals surface area contributed by atoms with Crippen molar-refractivity contribution in [2.75, 3.05) is 13.1 Å². The lowest BCUT2D eigenvalue weighted by Crippen LogP contribution is -2.37. The van der Waals surface area contributed by atoms with Gasteiger partial charge in [-0.25, -0.2) is 0 Å². The van der Waals surface area contributed by atoms with Crippen molar-refractivity contribution in [2.24, 2.45) is 7.05 Å². The van der Waals surface area contributed by atoms with Crippen LogP contribution < -0.4 is 5.32 Å². The molecule has 7 nitrogen and oxygen atoms in total. The van der Waals surface area contributed by atoms with E-state index < -0.39 is 0 Å². The zero-order chi connectivity index (χ0) is 21.1. The maximum absolute atomic E-state index is 12.5. The number of thioether (sulfide) groups is 1. The van der Waals surface area contributed by atoms with Crippen molar-refractivity contribution in [1.82, 2.24) is 20.0 Å². The van der Waals surface area contributed by atoms with Crippen LogP contribution in [0.4, 0.5) is 4.79 Å². The number of carbonyl (C=O) groups excluding carboxylic acids is 3. The third kappa shape index (κ3) is 4.71. The molecule has 3 amide bonds. The molecule has 0 atom stereocenters. The number of benzene rings is 1. The van der Waals surface area contributed by atoms with Gasteiger partial charge in [-0.1, -0.05) is 29.8 Å². The summed E-state index contributed by atoms with van der Waals surface area (Å²) >= 11 is 6.98. The van der Waals surface area contributed by atoms with Gasteiger partial charge in [-0.3, -0.25) is 24.0 Å². The number of nitrogens with one attached hydrogen (secondary N) is 1. The fourth-order valence-corrected chi connectivity index (χ4v) is 4.08. The molecule has 152 valence electrons. The SMILES string of the molecule is Cc1nn(C)c(C)c1CC(=O)NCCN1C(=O)S/C(=C\c2ccccc2Cl)C1=O. The lowest BCUT2D eigenvalue weighted by atomic mass is 10.1. The summed E-state index contributed by atoms with van der Waals surface area (Å²) in [4.78, 5) is 38.4. The molecule has 3 rings (SSSR count). The smallest absolute Gasteiger partial charge is 0.293 e. The molecule has 2 aromatic rings. The third-order valence-electron chi connectivity index (χ3n) is 4.72. The minimum absolute atomic E-state index is 0.112. The molecule has 2 heterocycles. The zero-order valence-electron chi connectivity index (χ0n) is 16.4. The maximum atomic E-state index is 12.5. The summed E-state index contributed by atoms with van der Waals surface area (Å²) in [6.07, 6.45) is 1.82. The Bertz CT molecular complexity index is 1020. The van der Waals surface area contributed by atoms with Crippen molar-refractivity contribution in [1.29, 1.82) is 0 Å². The fraction of sp³-hybridized carbons (Fsp3) is 0.300. The van der Waals surface area contributed by atoms with E-state index in [1.54, 1.807) is 29.0 Å². The average molecular weight is 433 g/mol. The third-order valence-corrected chi connectivity index (χ3v) is 5.97. The van der Waals surface area contributed by atoms with Gasteiger partial charge in [-0.05, 0) is 43.3 Å². The summed E-state index contributed by atoms with van der Waals surface area (Å²) in [5.41, 5.74) is 3.32. The van der Waals surface area contributed by atoms with Gasteiger partial charge < -0.3 is 5.32 Å². The first-order valence-corrected chi connectivity index (χ1v) is 10.2. The van der Waals surface area contributed by atoms with Gasteiger partial charge in [0, 0.05) is 36.4 Å². The zero-order valence-corrected chi connectivity index (χ0v) is 17.9. The number of hydrogen-bond donors (Lipinski definition) is 1. The number of amides is 3. The van der Waals surface area contributed by atoms with Crippen LogP contribution in [-0.2, 0) is 23.1 Å². The number of carbonyl (C=O) groups is 3. The Morgan fingerprint density at radius 2 is 2.00 bits per heavy atom. The highest BCUT2D eigenvalue weighted by Crippen LogP contribution is 2.33. The number of imide groups is 1. The summed E-state index contributed by atoms with van der Waals surface area (Å²) in [5.74, 6) is -0.559. The largest absolute Gasteiger partial charge is 0.354 e. The second-order valence-corrected chi connectivity index (χ2v) is 8.05. The molecule has 0 saturated carbocycles. The van der Waals surface area contributed by atoms with Gasteiger partial charge in [0.15, 0.2) is 0 Å². The number of nitrogens with zero attached hydrogens (tertiary/aromatic N) is 3. The first-order valence-electron chi connectivity index (χ1n) is 9.03. The predicted octanol–water partition coefficient (Wildman–Crippen LogP) is 3.09. The second kappa shape index (κ2) is 8.84. The number of hydrogen-bond acceptors (Lipinski definition) is 5. The molecule has 0 radical (unpaired) electrons. The Labute approximate surface area is 178 Å². The van der Waals surface area contributed by atoms with Crippen LogP contribution in [0.15, 0.2) is 29.2 Å². The lowest BCUT2D eigenvalue weighted by Gasteiger charge is -2.13. The molecule has 1 aliphatic rings. The molecule has 1 N–H and O–H groups in total. The van der Waals surface area contributed by atoms with Gasteiger partial charge in [0.1, 0.15) is 0 Å². The maximum Gasteiger partial charge on any atom is 0.293 e. The number of rotatable bonds is 6. The van der Waals surface area contributed by atoms with Gasteiger partial charge in [-0.15, -0.1) is 0 Å². The van der Waals surface area contributed by atoms with Crippen LogP contribution >= 0.6 is 23.4 Å². The van der Waals surface area contributed by atoms with E-state index in [0.717, 1.165) is 33.6 Å². The van der Waals surface area contributed by atoms with Gasteiger partial charge in [0.2, 0.25) is 5.91 Å². The second-order valence-electron chi connectivity index (χ2n) is 6.65. The van der Waals surface area contributed by atoms with E-state index >= 15 is 0 Å². The Morgan fingerprint density at radius 3 is 2.66 bits per heavy atom. The van der Waals surface area contributed by atoms with E-state index in [-0.39, 0.29) is 36.6 Å². The average Bonchev–Trinajstić information content (AvgIpc) is 3.07. The molecular formula is C20H21ClN4O3S. The van der Waals surface area contributed by atoms with Crippen LogP contribution in [0.1, 0.15) is 22.5 Å². The van der Waals surface area contributed by atoms with Crippen LogP contribution in [-0.4, -0.2) is 44.8 Å². The van der Waals surface area contributed by atoms with E-state index in [1.807, 2.05) is 27.0 Å². The molecule has 0 spiro atoms. The van der Waals surface area contributed by atoms with Crippen molar-refractivity contribution in [2.45, 2.75) is 20.3 Å². The summed E-state index contributed by atoms with van der Waals surface area (Å²) in [6, 6.07) is 7.10. The topological polar surface area (TPSA) is 84.3 Å². The van der Waals surface area contributed by atoms with Gasteiger partial charge in [-0.2, -0.15) is 5.10 Å². The highest BCUT2D eigenvalue weighted by molar-refractivity contribution is 8.18. The highest BCUT2D eigenvalue weighted by Gasteiger charge is 2.34. The normalized spacial score (nSPS) is 15.4. The summed E-state index contributed by atoms with van der Waals surface area (Å²) in [6.45, 7) is 4.07. The number of halogens is 1. The van der Waals surface area contributed by atoms with Gasteiger partial charge in [0.05, 0.1) is 17.0 Å². The molecule has 29 heavy (non-hydrogen) atoms.